The number of hydrogen-bond donors (Lipinski definition) is 1. The summed E-state index contributed by atoms with van der Waals surface area (Å²) in [6.45, 7) is 1.84. The van der Waals surface area contributed by atoms with E-state index in [1.807, 2.05) is 6.92 Å². The van der Waals surface area contributed by atoms with Crippen LogP contribution in [-0.4, -0.2) is 17.0 Å². The minimum atomic E-state index is -0.741. The quantitative estimate of drug-likeness (QED) is 0.488. The van der Waals surface area contributed by atoms with Crippen molar-refractivity contribution in [1.29, 1.82) is 0 Å². The first kappa shape index (κ1) is 5.51. The number of hydrogen-bond acceptors (Lipinski definition) is 2. The van der Waals surface area contributed by atoms with Crippen molar-refractivity contribution >= 4 is 5.78 Å². The van der Waals surface area contributed by atoms with E-state index in [4.69, 9.17) is 5.11 Å². The molecule has 0 aliphatic heterocycles. The number of carbonyl (C=O) groups is 1. The maximum atomic E-state index is 10.5. The molecule has 1 atom stereocenters. The molecule has 1 N–H and O–H groups in total. The fraction of sp³-hybridized carbons (Fsp3) is 0.500. The van der Waals surface area contributed by atoms with E-state index in [0.29, 0.717) is 6.42 Å². The lowest BCUT2D eigenvalue weighted by Gasteiger charge is -1.93. The summed E-state index contributed by atoms with van der Waals surface area (Å²) in [5, 5.41) is 8.77. The number of aliphatic hydroxyl groups is 1. The molecule has 0 fully saturated rings. The molecule has 0 aromatic heterocycles. The highest BCUT2D eigenvalue weighted by Gasteiger charge is 2.19. The number of rotatable bonds is 0. The zero-order valence-corrected chi connectivity index (χ0v) is 4.72. The molecule has 0 radical (unpaired) electrons. The summed E-state index contributed by atoms with van der Waals surface area (Å²) in [6, 6.07) is 0. The average molecular weight is 112 g/mol. The van der Waals surface area contributed by atoms with E-state index in [1.54, 1.807) is 0 Å². The Morgan fingerprint density at radius 2 is 2.50 bits per heavy atom. The predicted molar refractivity (Wildman–Crippen MR) is 29.4 cm³/mol. The zero-order chi connectivity index (χ0) is 6.15. The van der Waals surface area contributed by atoms with Crippen LogP contribution in [0.2, 0.25) is 0 Å². The molecule has 0 saturated carbocycles. The smallest absolute Gasteiger partial charge is 0.184 e. The van der Waals surface area contributed by atoms with Crippen molar-refractivity contribution in [3.05, 3.63) is 11.6 Å². The van der Waals surface area contributed by atoms with Gasteiger partial charge < -0.3 is 5.11 Å². The SMILES string of the molecule is CC1=CC(=O)C(O)C1. The second kappa shape index (κ2) is 1.71. The van der Waals surface area contributed by atoms with Gasteiger partial charge >= 0.3 is 0 Å². The number of aliphatic hydroxyl groups excluding tert-OH is 1. The highest BCUT2D eigenvalue weighted by Crippen LogP contribution is 2.13. The monoisotopic (exact) mass is 112 g/mol. The van der Waals surface area contributed by atoms with Crippen molar-refractivity contribution in [1.82, 2.24) is 0 Å². The molecule has 0 aromatic carbocycles. The van der Waals surface area contributed by atoms with Crippen molar-refractivity contribution < 1.29 is 9.90 Å². The van der Waals surface area contributed by atoms with Crippen LogP contribution in [0, 0.1) is 0 Å². The maximum Gasteiger partial charge on any atom is 0.184 e. The molecule has 1 aliphatic carbocycles. The number of carbonyl (C=O) groups excluding carboxylic acids is 1. The van der Waals surface area contributed by atoms with Gasteiger partial charge in [0.25, 0.3) is 0 Å². The van der Waals surface area contributed by atoms with Crippen molar-refractivity contribution in [2.45, 2.75) is 19.4 Å². The predicted octanol–water partition coefficient (Wildman–Crippen LogP) is 0.266. The van der Waals surface area contributed by atoms with Gasteiger partial charge in [-0.05, 0) is 13.0 Å². The Kier molecular flexibility index (Phi) is 1.18. The third kappa shape index (κ3) is 0.793. The molecule has 0 saturated heterocycles. The minimum Gasteiger partial charge on any atom is -0.385 e. The van der Waals surface area contributed by atoms with E-state index < -0.39 is 6.10 Å². The average Bonchev–Trinajstić information content (AvgIpc) is 1.85. The Bertz CT molecular complexity index is 147. The van der Waals surface area contributed by atoms with Gasteiger partial charge in [0, 0.05) is 6.42 Å². The normalized spacial score (nSPS) is 28.5. The molecular formula is C6H8O2. The van der Waals surface area contributed by atoms with Crippen molar-refractivity contribution in [2.75, 3.05) is 0 Å². The molecule has 1 unspecified atom stereocenters. The Hall–Kier alpha value is -0.630. The van der Waals surface area contributed by atoms with E-state index in [0.717, 1.165) is 5.57 Å². The third-order valence-corrected chi connectivity index (χ3v) is 1.23. The highest BCUT2D eigenvalue weighted by atomic mass is 16.3. The van der Waals surface area contributed by atoms with Crippen LogP contribution < -0.4 is 0 Å². The maximum absolute atomic E-state index is 10.5. The molecule has 44 valence electrons. The molecule has 8 heavy (non-hydrogen) atoms. The van der Waals surface area contributed by atoms with Gasteiger partial charge in [0.05, 0.1) is 0 Å². The van der Waals surface area contributed by atoms with Gasteiger partial charge in [0.1, 0.15) is 6.10 Å². The molecule has 0 aromatic rings. The van der Waals surface area contributed by atoms with E-state index in [2.05, 4.69) is 0 Å². The summed E-state index contributed by atoms with van der Waals surface area (Å²) in [4.78, 5) is 10.5. The summed E-state index contributed by atoms with van der Waals surface area (Å²) in [5.74, 6) is -0.150. The standard InChI is InChI=1S/C6H8O2/c1-4-2-5(7)6(8)3-4/h2,6,8H,3H2,1H3. The van der Waals surface area contributed by atoms with Crippen LogP contribution in [0.25, 0.3) is 0 Å². The Labute approximate surface area is 47.8 Å². The lowest BCUT2D eigenvalue weighted by molar-refractivity contribution is -0.121. The van der Waals surface area contributed by atoms with Crippen LogP contribution in [0.5, 0.6) is 0 Å². The van der Waals surface area contributed by atoms with Crippen LogP contribution in [0.4, 0.5) is 0 Å². The molecule has 0 spiro atoms. The Morgan fingerprint density at radius 1 is 1.88 bits per heavy atom. The fourth-order valence-corrected chi connectivity index (χ4v) is 0.804. The van der Waals surface area contributed by atoms with E-state index in [-0.39, 0.29) is 5.78 Å². The summed E-state index contributed by atoms with van der Waals surface area (Å²) >= 11 is 0. The fourth-order valence-electron chi connectivity index (χ4n) is 0.804. The van der Waals surface area contributed by atoms with Crippen LogP contribution in [-0.2, 0) is 4.79 Å². The summed E-state index contributed by atoms with van der Waals surface area (Å²) in [7, 11) is 0. The van der Waals surface area contributed by atoms with Crippen LogP contribution in [0.1, 0.15) is 13.3 Å². The van der Waals surface area contributed by atoms with Gasteiger partial charge in [-0.25, -0.2) is 0 Å². The zero-order valence-electron chi connectivity index (χ0n) is 4.72. The van der Waals surface area contributed by atoms with Gasteiger partial charge in [0.2, 0.25) is 0 Å². The largest absolute Gasteiger partial charge is 0.385 e. The molecule has 1 rings (SSSR count). The first-order chi connectivity index (χ1) is 3.70. The molecule has 0 bridgehead atoms. The molecule has 2 heteroatoms. The van der Waals surface area contributed by atoms with Crippen molar-refractivity contribution in [3.63, 3.8) is 0 Å². The molecular weight excluding hydrogens is 104 g/mol. The molecule has 0 amide bonds. The van der Waals surface area contributed by atoms with E-state index in [9.17, 15) is 4.79 Å². The van der Waals surface area contributed by atoms with Crippen molar-refractivity contribution in [2.24, 2.45) is 0 Å². The number of ketones is 1. The van der Waals surface area contributed by atoms with Gasteiger partial charge in [-0.3, -0.25) is 4.79 Å². The second-order valence-corrected chi connectivity index (χ2v) is 2.11. The topological polar surface area (TPSA) is 37.3 Å². The molecule has 1 aliphatic rings. The third-order valence-electron chi connectivity index (χ3n) is 1.23. The highest BCUT2D eigenvalue weighted by molar-refractivity contribution is 5.96. The lowest BCUT2D eigenvalue weighted by atomic mass is 10.2. The second-order valence-electron chi connectivity index (χ2n) is 2.11. The van der Waals surface area contributed by atoms with Gasteiger partial charge in [-0.15, -0.1) is 0 Å². The summed E-state index contributed by atoms with van der Waals surface area (Å²) in [5.41, 5.74) is 0.975. The van der Waals surface area contributed by atoms with Crippen LogP contribution >= 0.6 is 0 Å². The first-order valence-corrected chi connectivity index (χ1v) is 2.59. The van der Waals surface area contributed by atoms with E-state index in [1.165, 1.54) is 6.08 Å². The molecule has 0 heterocycles. The summed E-state index contributed by atoms with van der Waals surface area (Å²) in [6.07, 6.45) is 1.28. The van der Waals surface area contributed by atoms with Crippen molar-refractivity contribution in [3.8, 4) is 0 Å². The van der Waals surface area contributed by atoms with Gasteiger partial charge in [-0.1, -0.05) is 5.57 Å². The Morgan fingerprint density at radius 3 is 2.62 bits per heavy atom. The minimum absolute atomic E-state index is 0.150. The Balaban J connectivity index is 2.70. The molecule has 2 nitrogen and oxygen atoms in total. The lowest BCUT2D eigenvalue weighted by Crippen LogP contribution is -2.11. The summed E-state index contributed by atoms with van der Waals surface area (Å²) < 4.78 is 0. The van der Waals surface area contributed by atoms with Gasteiger partial charge in [-0.2, -0.15) is 0 Å². The van der Waals surface area contributed by atoms with Crippen LogP contribution in [0.15, 0.2) is 11.6 Å². The van der Waals surface area contributed by atoms with Crippen LogP contribution in [0.3, 0.4) is 0 Å². The first-order valence-electron chi connectivity index (χ1n) is 2.59. The van der Waals surface area contributed by atoms with Gasteiger partial charge in [0.15, 0.2) is 5.78 Å². The van der Waals surface area contributed by atoms with E-state index >= 15 is 0 Å².